The van der Waals surface area contributed by atoms with Gasteiger partial charge in [0.15, 0.2) is 0 Å². The molecule has 0 amide bonds. The Morgan fingerprint density at radius 1 is 0.867 bits per heavy atom. The third-order valence-electron chi connectivity index (χ3n) is 6.60. The molecule has 1 heterocycles. The second kappa shape index (κ2) is 7.29. The van der Waals surface area contributed by atoms with E-state index in [1.165, 1.54) is 14.2 Å². The number of para-hydroxylation sites is 1. The normalized spacial score (nSPS) is 29.1. The molecule has 1 aliphatic heterocycles. The summed E-state index contributed by atoms with van der Waals surface area (Å²) in [7, 11) is 2.69. The number of carbonyl (C=O) groups excluding carboxylic acids is 2. The Labute approximate surface area is 175 Å². The molecule has 5 atom stereocenters. The Bertz CT molecular complexity index is 1000. The zero-order valence-corrected chi connectivity index (χ0v) is 16.9. The van der Waals surface area contributed by atoms with E-state index < -0.39 is 11.9 Å². The average molecular weight is 405 g/mol. The summed E-state index contributed by atoms with van der Waals surface area (Å²) < 4.78 is 10.1. The zero-order valence-electron chi connectivity index (χ0n) is 16.9. The maximum absolute atomic E-state index is 12.7. The zero-order chi connectivity index (χ0) is 20.8. The van der Waals surface area contributed by atoms with Crippen molar-refractivity contribution < 1.29 is 23.9 Å². The smallest absolute Gasteiger partial charge is 0.334 e. The topological polar surface area (TPSA) is 65.1 Å². The second-order valence-electron chi connectivity index (χ2n) is 7.92. The first-order chi connectivity index (χ1) is 14.7. The number of ether oxygens (including phenoxy) is 2. The number of methoxy groups -OCH3 is 2. The van der Waals surface area contributed by atoms with E-state index in [9.17, 15) is 9.59 Å². The van der Waals surface area contributed by atoms with Gasteiger partial charge in [-0.1, -0.05) is 48.5 Å². The lowest BCUT2D eigenvalue weighted by Gasteiger charge is -2.30. The Balaban J connectivity index is 1.62. The molecule has 0 unspecified atom stereocenters. The van der Waals surface area contributed by atoms with E-state index in [4.69, 9.17) is 14.3 Å². The van der Waals surface area contributed by atoms with Crippen LogP contribution in [0.4, 0.5) is 5.69 Å². The van der Waals surface area contributed by atoms with Gasteiger partial charge in [0.05, 0.1) is 43.2 Å². The minimum Gasteiger partial charge on any atom is -0.466 e. The molecule has 5 rings (SSSR count). The number of benzene rings is 2. The van der Waals surface area contributed by atoms with Gasteiger partial charge >= 0.3 is 11.9 Å². The summed E-state index contributed by atoms with van der Waals surface area (Å²) in [6, 6.07) is 20.0. The Hall–Kier alpha value is -3.12. The highest BCUT2D eigenvalue weighted by atomic mass is 16.7. The number of carbonyl (C=O) groups is 2. The fourth-order valence-electron chi connectivity index (χ4n) is 5.50. The predicted octanol–water partition coefficient (Wildman–Crippen LogP) is 3.46. The van der Waals surface area contributed by atoms with Crippen LogP contribution >= 0.6 is 0 Å². The fourth-order valence-corrected chi connectivity index (χ4v) is 5.50. The molecule has 2 aliphatic carbocycles. The molecular weight excluding hydrogens is 382 g/mol. The summed E-state index contributed by atoms with van der Waals surface area (Å²) >= 11 is 0. The summed E-state index contributed by atoms with van der Waals surface area (Å²) in [6.07, 6.45) is 0.485. The highest BCUT2D eigenvalue weighted by Gasteiger charge is 2.64. The minimum absolute atomic E-state index is 0.0279. The summed E-state index contributed by atoms with van der Waals surface area (Å²) in [5.74, 6) is -1.22. The molecule has 0 spiro atoms. The molecule has 2 aromatic carbocycles. The number of anilines is 1. The van der Waals surface area contributed by atoms with Crippen LogP contribution in [0.25, 0.3) is 0 Å². The van der Waals surface area contributed by atoms with Crippen LogP contribution in [0.15, 0.2) is 71.8 Å². The van der Waals surface area contributed by atoms with Crippen molar-refractivity contribution in [2.45, 2.75) is 18.6 Å². The summed E-state index contributed by atoms with van der Waals surface area (Å²) in [5, 5.41) is 1.94. The molecule has 154 valence electrons. The van der Waals surface area contributed by atoms with Gasteiger partial charge in [0.25, 0.3) is 0 Å². The summed E-state index contributed by atoms with van der Waals surface area (Å²) in [6.45, 7) is 0. The van der Waals surface area contributed by atoms with Gasteiger partial charge in [-0.15, -0.1) is 0 Å². The van der Waals surface area contributed by atoms with Crippen molar-refractivity contribution in [3.05, 3.63) is 77.4 Å². The Morgan fingerprint density at radius 2 is 1.43 bits per heavy atom. The van der Waals surface area contributed by atoms with E-state index in [1.807, 2.05) is 53.6 Å². The van der Waals surface area contributed by atoms with E-state index in [-0.39, 0.29) is 29.9 Å². The summed E-state index contributed by atoms with van der Waals surface area (Å²) in [5.41, 5.74) is 2.93. The van der Waals surface area contributed by atoms with Crippen molar-refractivity contribution in [3.8, 4) is 0 Å². The second-order valence-corrected chi connectivity index (χ2v) is 7.92. The van der Waals surface area contributed by atoms with Gasteiger partial charge in [-0.3, -0.25) is 4.84 Å². The van der Waals surface area contributed by atoms with Crippen molar-refractivity contribution in [1.82, 2.24) is 0 Å². The van der Waals surface area contributed by atoms with Crippen LogP contribution in [-0.2, 0) is 23.9 Å². The maximum Gasteiger partial charge on any atom is 0.334 e. The lowest BCUT2D eigenvalue weighted by Crippen LogP contribution is -2.34. The van der Waals surface area contributed by atoms with Crippen molar-refractivity contribution in [2.75, 3.05) is 19.3 Å². The molecule has 30 heavy (non-hydrogen) atoms. The Morgan fingerprint density at radius 3 is 2.03 bits per heavy atom. The van der Waals surface area contributed by atoms with Gasteiger partial charge in [-0.2, -0.15) is 0 Å². The molecule has 6 heteroatoms. The molecular formula is C24H23NO5. The first-order valence-electron chi connectivity index (χ1n) is 10.1. The van der Waals surface area contributed by atoms with Crippen LogP contribution < -0.4 is 5.06 Å². The third kappa shape index (κ3) is 2.67. The number of nitrogens with zero attached hydrogens (tertiary/aromatic N) is 1. The number of rotatable bonds is 4. The molecule has 3 aliphatic rings. The van der Waals surface area contributed by atoms with Crippen LogP contribution in [-0.4, -0.2) is 32.3 Å². The van der Waals surface area contributed by atoms with Crippen LogP contribution in [0.1, 0.15) is 18.0 Å². The van der Waals surface area contributed by atoms with Crippen molar-refractivity contribution in [1.29, 1.82) is 0 Å². The Kier molecular flexibility index (Phi) is 4.59. The van der Waals surface area contributed by atoms with E-state index in [2.05, 4.69) is 12.1 Å². The van der Waals surface area contributed by atoms with Gasteiger partial charge < -0.3 is 9.47 Å². The average Bonchev–Trinajstić information content (AvgIpc) is 3.48. The first kappa shape index (κ1) is 18.9. The molecule has 0 N–H and O–H groups in total. The third-order valence-corrected chi connectivity index (χ3v) is 6.60. The van der Waals surface area contributed by atoms with Crippen molar-refractivity contribution in [3.63, 3.8) is 0 Å². The lowest BCUT2D eigenvalue weighted by molar-refractivity contribution is -0.140. The monoisotopic (exact) mass is 405 g/mol. The predicted molar refractivity (Wildman–Crippen MR) is 109 cm³/mol. The van der Waals surface area contributed by atoms with E-state index >= 15 is 0 Å². The van der Waals surface area contributed by atoms with Crippen molar-refractivity contribution >= 4 is 17.6 Å². The molecule has 2 aromatic rings. The SMILES string of the molecule is COC(=O)C1=C(C(=O)OC)[C@H]2C[C@H]1[C@@H]1ON(c3ccccc3)[C@@H](c3ccccc3)[C@H]12. The van der Waals surface area contributed by atoms with Gasteiger partial charge in [0.1, 0.15) is 0 Å². The van der Waals surface area contributed by atoms with E-state index in [0.29, 0.717) is 17.6 Å². The van der Waals surface area contributed by atoms with Crippen LogP contribution in [0.2, 0.25) is 0 Å². The minimum atomic E-state index is -0.473. The van der Waals surface area contributed by atoms with Crippen LogP contribution in [0.5, 0.6) is 0 Å². The van der Waals surface area contributed by atoms with E-state index in [1.54, 1.807) is 0 Å². The maximum atomic E-state index is 12.7. The standard InChI is InChI=1S/C24H23NO5/c1-28-23(26)18-16-13-17(19(18)24(27)29-2)22-20(16)21(14-9-5-3-6-10-14)25(30-22)15-11-7-4-8-12-15/h3-12,16-17,20-22H,13H2,1-2H3/t16-,17-,20-,21+,22+/m1/s1. The molecule has 0 aromatic heterocycles. The molecule has 1 saturated heterocycles. The number of esters is 2. The van der Waals surface area contributed by atoms with Gasteiger partial charge in [0, 0.05) is 17.8 Å². The van der Waals surface area contributed by atoms with Gasteiger partial charge in [0.2, 0.25) is 0 Å². The van der Waals surface area contributed by atoms with Crippen molar-refractivity contribution in [2.24, 2.45) is 17.8 Å². The molecule has 1 saturated carbocycles. The van der Waals surface area contributed by atoms with Gasteiger partial charge in [-0.25, -0.2) is 14.7 Å². The number of hydrogen-bond acceptors (Lipinski definition) is 6. The highest BCUT2D eigenvalue weighted by Crippen LogP contribution is 2.62. The summed E-state index contributed by atoms with van der Waals surface area (Å²) in [4.78, 5) is 31.7. The first-order valence-corrected chi connectivity index (χ1v) is 10.1. The molecule has 0 radical (unpaired) electrons. The van der Waals surface area contributed by atoms with E-state index in [0.717, 1.165) is 11.3 Å². The quantitative estimate of drug-likeness (QED) is 0.726. The molecule has 2 bridgehead atoms. The molecule has 2 fully saturated rings. The lowest BCUT2D eigenvalue weighted by atomic mass is 9.76. The van der Waals surface area contributed by atoms with Crippen LogP contribution in [0, 0.1) is 17.8 Å². The number of hydroxylamine groups is 1. The van der Waals surface area contributed by atoms with Gasteiger partial charge in [-0.05, 0) is 24.1 Å². The fraction of sp³-hybridized carbons (Fsp3) is 0.333. The number of hydrogen-bond donors (Lipinski definition) is 0. The number of fused-ring (bicyclic) bond motifs is 5. The largest absolute Gasteiger partial charge is 0.466 e. The molecule has 6 nitrogen and oxygen atoms in total. The highest BCUT2D eigenvalue weighted by molar-refractivity contribution is 6.02. The van der Waals surface area contributed by atoms with Crippen LogP contribution in [0.3, 0.4) is 0 Å².